The van der Waals surface area contributed by atoms with E-state index in [-0.39, 0.29) is 37.1 Å². The average Bonchev–Trinajstić information content (AvgIpc) is 3.33. The van der Waals surface area contributed by atoms with Crippen molar-refractivity contribution in [1.29, 1.82) is 0 Å². The highest BCUT2D eigenvalue weighted by molar-refractivity contribution is 6.31. The van der Waals surface area contributed by atoms with Crippen LogP contribution in [0.1, 0.15) is 76.6 Å². The Hall–Kier alpha value is -4.11. The number of aliphatic carboxylic acids is 1. The Labute approximate surface area is 258 Å². The number of hydrogen-bond acceptors (Lipinski definition) is 3. The fourth-order valence-electron chi connectivity index (χ4n) is 5.24. The van der Waals surface area contributed by atoms with E-state index in [4.69, 9.17) is 16.7 Å². The van der Waals surface area contributed by atoms with Crippen LogP contribution in [0.5, 0.6) is 0 Å². The number of ketones is 1. The number of carbonyl (C=O) groups excluding carboxylic acids is 2. The zero-order valence-electron chi connectivity index (χ0n) is 24.3. The summed E-state index contributed by atoms with van der Waals surface area (Å²) in [6.07, 6.45) is -0.735. The lowest BCUT2D eigenvalue weighted by molar-refractivity contribution is -0.138. The van der Waals surface area contributed by atoms with Gasteiger partial charge in [-0.3, -0.25) is 14.4 Å². The van der Waals surface area contributed by atoms with Gasteiger partial charge in [0.15, 0.2) is 5.78 Å². The second-order valence-corrected chi connectivity index (χ2v) is 11.3. The highest BCUT2D eigenvalue weighted by atomic mass is 35.5. The number of nitrogens with zero attached hydrogens (tertiary/aromatic N) is 1. The molecule has 0 fully saturated rings. The van der Waals surface area contributed by atoms with Crippen LogP contribution in [0.2, 0.25) is 5.02 Å². The van der Waals surface area contributed by atoms with Gasteiger partial charge in [-0.25, -0.2) is 0 Å². The summed E-state index contributed by atoms with van der Waals surface area (Å²) in [6.45, 7) is 2.32. The molecule has 10 heteroatoms. The summed E-state index contributed by atoms with van der Waals surface area (Å²) in [4.78, 5) is 37.3. The summed E-state index contributed by atoms with van der Waals surface area (Å²) in [5.41, 5.74) is 2.36. The van der Waals surface area contributed by atoms with E-state index in [2.05, 4.69) is 12.2 Å². The van der Waals surface area contributed by atoms with Crippen LogP contribution >= 0.6 is 11.6 Å². The number of hydrogen-bond donors (Lipinski definition) is 2. The van der Waals surface area contributed by atoms with Crippen molar-refractivity contribution in [3.63, 3.8) is 0 Å². The number of benzene rings is 3. The van der Waals surface area contributed by atoms with Crippen molar-refractivity contribution in [2.45, 2.75) is 58.2 Å². The topological polar surface area (TPSA) is 88.4 Å². The quantitative estimate of drug-likeness (QED) is 0.109. The van der Waals surface area contributed by atoms with E-state index in [0.717, 1.165) is 47.9 Å². The molecule has 1 atom stereocenters. The summed E-state index contributed by atoms with van der Waals surface area (Å²) in [6, 6.07) is 18.9. The van der Waals surface area contributed by atoms with Crippen LogP contribution in [-0.2, 0) is 23.9 Å². The summed E-state index contributed by atoms with van der Waals surface area (Å²) >= 11 is 6.26. The third kappa shape index (κ3) is 8.50. The second kappa shape index (κ2) is 14.6. The molecule has 1 unspecified atom stereocenters. The first kappa shape index (κ1) is 32.8. The molecule has 2 N–H and O–H groups in total. The van der Waals surface area contributed by atoms with Gasteiger partial charge in [-0.05, 0) is 72.5 Å². The lowest BCUT2D eigenvalue weighted by Gasteiger charge is -2.18. The van der Waals surface area contributed by atoms with Gasteiger partial charge in [0, 0.05) is 40.5 Å². The SMILES string of the molecule is CCCCCC(Cc1ccc(C(=O)NCCC(=O)O)cc1)C(=O)c1cc2cc(Cl)ccc2n1Cc1ccc(C(F)(F)F)cc1. The number of carboxylic acid groups (broad SMARTS) is 1. The van der Waals surface area contributed by atoms with Gasteiger partial charge in [-0.1, -0.05) is 62.1 Å². The Morgan fingerprint density at radius 2 is 1.61 bits per heavy atom. The first-order valence-corrected chi connectivity index (χ1v) is 14.9. The lowest BCUT2D eigenvalue weighted by Crippen LogP contribution is -2.26. The standard InChI is InChI=1S/C34H34ClF3N2O4/c1-2-3-4-5-25(18-22-6-10-24(11-7-22)33(44)39-17-16-31(41)42)32(43)30-20-26-19-28(35)14-15-29(26)40(30)21-23-8-12-27(13-9-23)34(36,37)38/h6-15,19-20,25H,2-5,16-18,21H2,1H3,(H,39,44)(H,41,42). The predicted octanol–water partition coefficient (Wildman–Crippen LogP) is 8.19. The zero-order valence-corrected chi connectivity index (χ0v) is 25.0. The van der Waals surface area contributed by atoms with E-state index in [1.807, 2.05) is 10.6 Å². The number of aromatic nitrogens is 1. The van der Waals surface area contributed by atoms with Gasteiger partial charge < -0.3 is 15.0 Å². The molecule has 6 nitrogen and oxygen atoms in total. The number of halogens is 4. The van der Waals surface area contributed by atoms with Gasteiger partial charge in [0.25, 0.3) is 5.91 Å². The summed E-state index contributed by atoms with van der Waals surface area (Å²) in [5.74, 6) is -1.82. The van der Waals surface area contributed by atoms with Crippen LogP contribution in [0.3, 0.4) is 0 Å². The van der Waals surface area contributed by atoms with E-state index in [1.165, 1.54) is 12.1 Å². The van der Waals surface area contributed by atoms with Gasteiger partial charge in [0.2, 0.25) is 0 Å². The number of carbonyl (C=O) groups is 3. The molecule has 3 aromatic carbocycles. The van der Waals surface area contributed by atoms with Crippen molar-refractivity contribution >= 4 is 40.2 Å². The van der Waals surface area contributed by atoms with Crippen LogP contribution in [0.15, 0.2) is 72.8 Å². The number of amides is 1. The van der Waals surface area contributed by atoms with Crippen molar-refractivity contribution in [2.24, 2.45) is 5.92 Å². The van der Waals surface area contributed by atoms with Gasteiger partial charge in [-0.15, -0.1) is 0 Å². The number of carboxylic acids is 1. The second-order valence-electron chi connectivity index (χ2n) is 10.9. The minimum Gasteiger partial charge on any atom is -0.481 e. The number of nitrogens with one attached hydrogen (secondary N) is 1. The van der Waals surface area contributed by atoms with E-state index in [9.17, 15) is 27.6 Å². The molecule has 1 amide bonds. The molecule has 1 heterocycles. The molecule has 1 aromatic heterocycles. The minimum absolute atomic E-state index is 0.0234. The number of unbranched alkanes of at least 4 members (excludes halogenated alkanes) is 2. The molecule has 0 aliphatic carbocycles. The maximum Gasteiger partial charge on any atom is 0.416 e. The highest BCUT2D eigenvalue weighted by Crippen LogP contribution is 2.31. The molecule has 0 saturated carbocycles. The Morgan fingerprint density at radius 3 is 2.25 bits per heavy atom. The zero-order chi connectivity index (χ0) is 31.9. The van der Waals surface area contributed by atoms with Crippen molar-refractivity contribution < 1.29 is 32.7 Å². The molecule has 0 saturated heterocycles. The molecule has 0 radical (unpaired) electrons. The van der Waals surface area contributed by atoms with Crippen LogP contribution < -0.4 is 5.32 Å². The maximum atomic E-state index is 14.2. The molecule has 0 aliphatic heterocycles. The Kier molecular flexibility index (Phi) is 10.9. The Bertz CT molecular complexity index is 1610. The smallest absolute Gasteiger partial charge is 0.416 e. The lowest BCUT2D eigenvalue weighted by atomic mass is 9.88. The largest absolute Gasteiger partial charge is 0.481 e. The van der Waals surface area contributed by atoms with Gasteiger partial charge in [0.05, 0.1) is 17.7 Å². The van der Waals surface area contributed by atoms with Gasteiger partial charge in [0.1, 0.15) is 0 Å². The van der Waals surface area contributed by atoms with Crippen molar-refractivity contribution in [3.05, 3.63) is 106 Å². The van der Waals surface area contributed by atoms with Crippen LogP contribution in [-0.4, -0.2) is 33.9 Å². The predicted molar refractivity (Wildman–Crippen MR) is 164 cm³/mol. The normalized spacial score (nSPS) is 12.3. The first-order valence-electron chi connectivity index (χ1n) is 14.5. The van der Waals surface area contributed by atoms with E-state index in [0.29, 0.717) is 34.7 Å². The van der Waals surface area contributed by atoms with E-state index < -0.39 is 17.7 Å². The van der Waals surface area contributed by atoms with Gasteiger partial charge in [-0.2, -0.15) is 13.2 Å². The van der Waals surface area contributed by atoms with Crippen LogP contribution in [0.25, 0.3) is 10.9 Å². The average molecular weight is 627 g/mol. The van der Waals surface area contributed by atoms with Crippen LogP contribution in [0.4, 0.5) is 13.2 Å². The fourth-order valence-corrected chi connectivity index (χ4v) is 5.42. The summed E-state index contributed by atoms with van der Waals surface area (Å²) in [5, 5.41) is 12.6. The summed E-state index contributed by atoms with van der Waals surface area (Å²) in [7, 11) is 0. The summed E-state index contributed by atoms with van der Waals surface area (Å²) < 4.78 is 41.3. The molecule has 0 bridgehead atoms. The maximum absolute atomic E-state index is 14.2. The van der Waals surface area contributed by atoms with E-state index in [1.54, 1.807) is 42.5 Å². The van der Waals surface area contributed by atoms with Crippen molar-refractivity contribution in [1.82, 2.24) is 9.88 Å². The van der Waals surface area contributed by atoms with E-state index >= 15 is 0 Å². The van der Waals surface area contributed by atoms with Gasteiger partial charge >= 0.3 is 12.1 Å². The molecular weight excluding hydrogens is 593 g/mol. The molecule has 232 valence electrons. The minimum atomic E-state index is -4.44. The molecular formula is C34H34ClF3N2O4. The fraction of sp³-hybridized carbons (Fsp3) is 0.324. The first-order chi connectivity index (χ1) is 21.0. The number of alkyl halides is 3. The van der Waals surface area contributed by atoms with Crippen molar-refractivity contribution in [3.8, 4) is 0 Å². The third-order valence-electron chi connectivity index (χ3n) is 7.59. The Balaban J connectivity index is 1.61. The van der Waals surface area contributed by atoms with Crippen LogP contribution in [0, 0.1) is 5.92 Å². The third-order valence-corrected chi connectivity index (χ3v) is 7.82. The molecule has 44 heavy (non-hydrogen) atoms. The number of rotatable bonds is 14. The molecule has 4 rings (SSSR count). The molecule has 4 aromatic rings. The molecule has 0 spiro atoms. The Morgan fingerprint density at radius 1 is 0.932 bits per heavy atom. The monoisotopic (exact) mass is 626 g/mol. The van der Waals surface area contributed by atoms with Crippen molar-refractivity contribution in [2.75, 3.05) is 6.54 Å². The number of Topliss-reactive ketones (excluding diaryl/α,β-unsaturated/α-hetero) is 1. The number of fused-ring (bicyclic) bond motifs is 1. The highest BCUT2D eigenvalue weighted by Gasteiger charge is 2.30. The molecule has 0 aliphatic rings.